The number of carbonyl (C=O) groups is 3. The summed E-state index contributed by atoms with van der Waals surface area (Å²) in [7, 11) is 0. The van der Waals surface area contributed by atoms with Gasteiger partial charge in [0, 0.05) is 13.8 Å². The topological polar surface area (TPSA) is 102 Å². The Morgan fingerprint density at radius 3 is 2.15 bits per heavy atom. The normalized spacial score (nSPS) is 9.50. The number of nitrogens with zero attached hydrogens (tertiary/aromatic N) is 1. The Balaban J connectivity index is 3.01. The van der Waals surface area contributed by atoms with E-state index in [9.17, 15) is 14.4 Å². The molecule has 0 aliphatic heterocycles. The third kappa shape index (κ3) is 4.84. The molecule has 0 aliphatic carbocycles. The fourth-order valence-corrected chi connectivity index (χ4v) is 1.22. The monoisotopic (exact) mass is 283 g/mol. The van der Waals surface area contributed by atoms with Gasteiger partial charge in [-0.15, -0.1) is 0 Å². The van der Waals surface area contributed by atoms with Crippen LogP contribution in [0, 0.1) is 0 Å². The van der Waals surface area contributed by atoms with Gasteiger partial charge in [0.15, 0.2) is 18.0 Å². The Morgan fingerprint density at radius 2 is 1.65 bits per heavy atom. The molecule has 0 radical (unpaired) electrons. The molecule has 0 saturated heterocycles. The van der Waals surface area contributed by atoms with Crippen LogP contribution >= 0.6 is 0 Å². The number of carbonyl (C=O) groups excluding carboxylic acids is 2. The van der Waals surface area contributed by atoms with Gasteiger partial charge in [-0.2, -0.15) is 0 Å². The minimum absolute atomic E-state index is 0.0809. The summed E-state index contributed by atoms with van der Waals surface area (Å²) in [4.78, 5) is 41.9. The van der Waals surface area contributed by atoms with E-state index in [1.54, 1.807) is 12.1 Å². The molecule has 0 amide bonds. The van der Waals surface area contributed by atoms with Crippen molar-refractivity contribution in [1.82, 2.24) is 0 Å². The summed E-state index contributed by atoms with van der Waals surface area (Å²) in [6.45, 7) is 1.65. The molecule has 0 atom stereocenters. The van der Waals surface area contributed by atoms with Crippen molar-refractivity contribution in [2.45, 2.75) is 13.8 Å². The molecule has 8 nitrogen and oxygen atoms in total. The highest BCUT2D eigenvalue weighted by molar-refractivity contribution is 5.72. The van der Waals surface area contributed by atoms with E-state index in [1.165, 1.54) is 12.1 Å². The van der Waals surface area contributed by atoms with Crippen molar-refractivity contribution in [3.8, 4) is 5.75 Å². The Hall–Kier alpha value is -2.77. The quantitative estimate of drug-likeness (QED) is 0.768. The van der Waals surface area contributed by atoms with Gasteiger partial charge in [-0.1, -0.05) is 12.1 Å². The SMILES string of the molecule is CC(=O)ON(OC(C)=O)c1ccccc1OCC(=O)O. The van der Waals surface area contributed by atoms with Crippen molar-refractivity contribution in [1.29, 1.82) is 0 Å². The molecule has 1 N–H and O–H groups in total. The zero-order chi connectivity index (χ0) is 15.1. The summed E-state index contributed by atoms with van der Waals surface area (Å²) in [6, 6.07) is 6.03. The average molecular weight is 283 g/mol. The van der Waals surface area contributed by atoms with E-state index in [0.29, 0.717) is 5.23 Å². The predicted octanol–water partition coefficient (Wildman–Crippen LogP) is 0.913. The molecule has 0 spiro atoms. The standard InChI is InChI=1S/C12H13NO7/c1-8(14)19-13(20-9(2)15)10-5-3-4-6-11(10)18-7-12(16)17/h3-6H,7H2,1-2H3,(H,16,17). The maximum atomic E-state index is 11.0. The van der Waals surface area contributed by atoms with Crippen molar-refractivity contribution >= 4 is 23.6 Å². The third-order valence-corrected chi connectivity index (χ3v) is 1.84. The van der Waals surface area contributed by atoms with Gasteiger partial charge in [0.05, 0.1) is 0 Å². The van der Waals surface area contributed by atoms with Crippen LogP contribution in [0.15, 0.2) is 24.3 Å². The summed E-state index contributed by atoms with van der Waals surface area (Å²) in [5, 5.41) is 9.16. The highest BCUT2D eigenvalue weighted by atomic mass is 17.0. The number of anilines is 1. The van der Waals surface area contributed by atoms with Gasteiger partial charge in [-0.3, -0.25) is 0 Å². The largest absolute Gasteiger partial charge is 0.479 e. The van der Waals surface area contributed by atoms with Crippen LogP contribution < -0.4 is 9.96 Å². The summed E-state index contributed by atoms with van der Waals surface area (Å²) >= 11 is 0. The van der Waals surface area contributed by atoms with Gasteiger partial charge < -0.3 is 19.5 Å². The number of hydrogen-bond donors (Lipinski definition) is 1. The molecule has 108 valence electrons. The van der Waals surface area contributed by atoms with Crippen LogP contribution in [0.1, 0.15) is 13.8 Å². The average Bonchev–Trinajstić information content (AvgIpc) is 2.34. The molecule has 1 rings (SSSR count). The summed E-state index contributed by atoms with van der Waals surface area (Å²) in [5.41, 5.74) is 0.0825. The lowest BCUT2D eigenvalue weighted by molar-refractivity contribution is -0.171. The summed E-state index contributed by atoms with van der Waals surface area (Å²) in [5.74, 6) is -2.54. The Labute approximate surface area is 114 Å². The number of carboxylic acids is 1. The van der Waals surface area contributed by atoms with Crippen LogP contribution in [0.3, 0.4) is 0 Å². The molecular formula is C12H13NO7. The second-order valence-corrected chi connectivity index (χ2v) is 3.57. The first-order valence-corrected chi connectivity index (χ1v) is 5.51. The zero-order valence-electron chi connectivity index (χ0n) is 10.9. The molecule has 8 heteroatoms. The highest BCUT2D eigenvalue weighted by Crippen LogP contribution is 2.28. The minimum atomic E-state index is -1.17. The first-order chi connectivity index (χ1) is 9.40. The number of carboxylic acid groups (broad SMARTS) is 1. The van der Waals surface area contributed by atoms with E-state index < -0.39 is 24.5 Å². The van der Waals surface area contributed by atoms with E-state index in [-0.39, 0.29) is 11.4 Å². The van der Waals surface area contributed by atoms with Crippen molar-refractivity contribution in [2.24, 2.45) is 0 Å². The van der Waals surface area contributed by atoms with Crippen LogP contribution in [0.4, 0.5) is 5.69 Å². The number of ether oxygens (including phenoxy) is 1. The van der Waals surface area contributed by atoms with Gasteiger partial charge in [-0.25, -0.2) is 14.4 Å². The van der Waals surface area contributed by atoms with Crippen molar-refractivity contribution in [2.75, 3.05) is 11.8 Å². The van der Waals surface area contributed by atoms with Gasteiger partial charge in [0.25, 0.3) is 0 Å². The molecule has 0 fully saturated rings. The van der Waals surface area contributed by atoms with Gasteiger partial charge in [0.1, 0.15) is 0 Å². The van der Waals surface area contributed by atoms with Crippen LogP contribution in [0.5, 0.6) is 5.75 Å². The molecule has 0 saturated carbocycles. The Bertz CT molecular complexity index is 498. The maximum absolute atomic E-state index is 11.0. The van der Waals surface area contributed by atoms with Crippen molar-refractivity contribution in [3.05, 3.63) is 24.3 Å². The molecule has 1 aromatic carbocycles. The minimum Gasteiger partial charge on any atom is -0.479 e. The number of benzene rings is 1. The molecule has 0 aliphatic rings. The van der Waals surface area contributed by atoms with Crippen LogP contribution in [0.2, 0.25) is 0 Å². The fraction of sp³-hybridized carbons (Fsp3) is 0.250. The zero-order valence-corrected chi connectivity index (χ0v) is 10.9. The molecule has 0 unspecified atom stereocenters. The van der Waals surface area contributed by atoms with E-state index in [4.69, 9.17) is 19.5 Å². The lowest BCUT2D eigenvalue weighted by Crippen LogP contribution is -2.29. The summed E-state index contributed by atoms with van der Waals surface area (Å²) < 4.78 is 5.02. The van der Waals surface area contributed by atoms with E-state index in [0.717, 1.165) is 13.8 Å². The first-order valence-electron chi connectivity index (χ1n) is 5.51. The molecular weight excluding hydrogens is 270 g/mol. The van der Waals surface area contributed by atoms with E-state index in [1.807, 2.05) is 0 Å². The fourth-order valence-electron chi connectivity index (χ4n) is 1.22. The lowest BCUT2D eigenvalue weighted by atomic mass is 10.3. The maximum Gasteiger partial charge on any atom is 0.341 e. The first kappa shape index (κ1) is 15.3. The van der Waals surface area contributed by atoms with Crippen LogP contribution in [-0.2, 0) is 24.1 Å². The van der Waals surface area contributed by atoms with Crippen LogP contribution in [0.25, 0.3) is 0 Å². The van der Waals surface area contributed by atoms with E-state index in [2.05, 4.69) is 0 Å². The predicted molar refractivity (Wildman–Crippen MR) is 65.6 cm³/mol. The Morgan fingerprint density at radius 1 is 1.10 bits per heavy atom. The second kappa shape index (κ2) is 6.98. The number of aliphatic carboxylic acids is 1. The number of para-hydroxylation sites is 2. The van der Waals surface area contributed by atoms with Gasteiger partial charge >= 0.3 is 17.9 Å². The Kier molecular flexibility index (Phi) is 5.33. The van der Waals surface area contributed by atoms with Gasteiger partial charge in [0.2, 0.25) is 0 Å². The highest BCUT2D eigenvalue weighted by Gasteiger charge is 2.19. The van der Waals surface area contributed by atoms with Gasteiger partial charge in [-0.05, 0) is 17.4 Å². The lowest BCUT2D eigenvalue weighted by Gasteiger charge is -2.21. The molecule has 0 heterocycles. The summed E-state index contributed by atoms with van der Waals surface area (Å²) in [6.07, 6.45) is 0. The molecule has 0 aromatic heterocycles. The smallest absolute Gasteiger partial charge is 0.341 e. The van der Waals surface area contributed by atoms with E-state index >= 15 is 0 Å². The van der Waals surface area contributed by atoms with Crippen molar-refractivity contribution < 1.29 is 33.9 Å². The second-order valence-electron chi connectivity index (χ2n) is 3.57. The molecule has 20 heavy (non-hydrogen) atoms. The van der Waals surface area contributed by atoms with Crippen LogP contribution in [-0.4, -0.2) is 29.6 Å². The third-order valence-electron chi connectivity index (χ3n) is 1.84. The number of rotatable bonds is 6. The van der Waals surface area contributed by atoms with Crippen molar-refractivity contribution in [3.63, 3.8) is 0 Å². The molecule has 1 aromatic rings. The molecule has 0 bridgehead atoms. The number of hydrogen-bond acceptors (Lipinski definition) is 7.